The second-order valence-corrected chi connectivity index (χ2v) is 7.04. The Morgan fingerprint density at radius 1 is 0.964 bits per heavy atom. The highest BCUT2D eigenvalue weighted by Gasteiger charge is 2.10. The molecule has 4 rings (SSSR count). The summed E-state index contributed by atoms with van der Waals surface area (Å²) in [6, 6.07) is 22.7. The Balaban J connectivity index is 1.88. The van der Waals surface area contributed by atoms with Crippen LogP contribution in [0.1, 0.15) is 11.4 Å². The maximum atomic E-state index is 13.2. The molecular weight excluding hydrogens is 416 g/mol. The Morgan fingerprint density at radius 2 is 1.71 bits per heavy atom. The van der Waals surface area contributed by atoms with Crippen LogP contribution in [0.25, 0.3) is 28.7 Å². The van der Waals surface area contributed by atoms with Crippen molar-refractivity contribution < 1.29 is 4.74 Å². The van der Waals surface area contributed by atoms with Gasteiger partial charge in [0.2, 0.25) is 0 Å². The Kier molecular flexibility index (Phi) is 5.08. The van der Waals surface area contributed by atoms with E-state index in [1.807, 2.05) is 78.9 Å². The summed E-state index contributed by atoms with van der Waals surface area (Å²) in [5.74, 6) is 1.34. The quantitative estimate of drug-likeness (QED) is 0.437. The van der Waals surface area contributed by atoms with Crippen LogP contribution < -0.4 is 10.3 Å². The van der Waals surface area contributed by atoms with E-state index in [0.29, 0.717) is 16.7 Å². The maximum absolute atomic E-state index is 13.2. The third-order valence-corrected chi connectivity index (χ3v) is 5.04. The molecule has 0 saturated heterocycles. The molecule has 0 atom stereocenters. The lowest BCUT2D eigenvalue weighted by Crippen LogP contribution is -2.22. The number of ether oxygens (including phenoxy) is 1. The van der Waals surface area contributed by atoms with Crippen molar-refractivity contribution in [2.24, 2.45) is 0 Å². The van der Waals surface area contributed by atoms with Crippen molar-refractivity contribution in [1.29, 1.82) is 0 Å². The van der Waals surface area contributed by atoms with E-state index in [1.165, 1.54) is 0 Å². The van der Waals surface area contributed by atoms with Gasteiger partial charge in [0.1, 0.15) is 11.6 Å². The topological polar surface area (TPSA) is 44.1 Å². The molecule has 0 saturated carbocycles. The zero-order chi connectivity index (χ0) is 19.5. The largest absolute Gasteiger partial charge is 0.496 e. The standard InChI is InChI=1S/C23H17BrN2O2/c1-28-21-13-11-16(15-19(21)24)12-14-22-25-20-10-6-5-9-18(20)23(27)26(22)17-7-3-2-4-8-17/h2-15H,1H3. The first-order chi connectivity index (χ1) is 13.7. The molecule has 1 aromatic heterocycles. The van der Waals surface area contributed by atoms with Crippen LogP contribution in [0.2, 0.25) is 0 Å². The molecule has 0 fully saturated rings. The minimum absolute atomic E-state index is 0.0904. The van der Waals surface area contributed by atoms with E-state index >= 15 is 0 Å². The minimum atomic E-state index is -0.0904. The Morgan fingerprint density at radius 3 is 2.46 bits per heavy atom. The van der Waals surface area contributed by atoms with Crippen molar-refractivity contribution in [1.82, 2.24) is 9.55 Å². The van der Waals surface area contributed by atoms with Crippen molar-refractivity contribution >= 4 is 39.0 Å². The van der Waals surface area contributed by atoms with Gasteiger partial charge < -0.3 is 4.74 Å². The van der Waals surface area contributed by atoms with Gasteiger partial charge in [-0.1, -0.05) is 42.5 Å². The maximum Gasteiger partial charge on any atom is 0.266 e. The highest BCUT2D eigenvalue weighted by Crippen LogP contribution is 2.26. The van der Waals surface area contributed by atoms with Crippen molar-refractivity contribution in [3.05, 3.63) is 99.0 Å². The molecule has 0 aliphatic heterocycles. The van der Waals surface area contributed by atoms with E-state index in [4.69, 9.17) is 9.72 Å². The molecule has 0 aliphatic rings. The van der Waals surface area contributed by atoms with Crippen molar-refractivity contribution in [2.45, 2.75) is 0 Å². The summed E-state index contributed by atoms with van der Waals surface area (Å²) in [6.45, 7) is 0. The third-order valence-electron chi connectivity index (χ3n) is 4.42. The van der Waals surface area contributed by atoms with E-state index < -0.39 is 0 Å². The first kappa shape index (κ1) is 18.2. The van der Waals surface area contributed by atoms with E-state index in [-0.39, 0.29) is 5.56 Å². The number of aromatic nitrogens is 2. The van der Waals surface area contributed by atoms with Crippen molar-refractivity contribution in [3.63, 3.8) is 0 Å². The fraction of sp³-hybridized carbons (Fsp3) is 0.0435. The van der Waals surface area contributed by atoms with Crippen LogP contribution in [-0.4, -0.2) is 16.7 Å². The minimum Gasteiger partial charge on any atom is -0.496 e. The SMILES string of the molecule is COc1ccc(C=Cc2nc3ccccc3c(=O)n2-c2ccccc2)cc1Br. The van der Waals surface area contributed by atoms with Gasteiger partial charge in [0.15, 0.2) is 0 Å². The molecule has 0 radical (unpaired) electrons. The van der Waals surface area contributed by atoms with Gasteiger partial charge in [0, 0.05) is 0 Å². The number of fused-ring (bicyclic) bond motifs is 1. The Bertz CT molecular complexity index is 1230. The van der Waals surface area contributed by atoms with Gasteiger partial charge in [0.25, 0.3) is 5.56 Å². The molecule has 0 unspecified atom stereocenters. The average Bonchev–Trinajstić information content (AvgIpc) is 2.73. The van der Waals surface area contributed by atoms with Crippen LogP contribution >= 0.6 is 15.9 Å². The summed E-state index contributed by atoms with van der Waals surface area (Å²) < 4.78 is 7.78. The highest BCUT2D eigenvalue weighted by molar-refractivity contribution is 9.10. The number of benzene rings is 3. The van der Waals surface area contributed by atoms with Gasteiger partial charge in [-0.25, -0.2) is 4.98 Å². The lowest BCUT2D eigenvalue weighted by atomic mass is 10.2. The summed E-state index contributed by atoms with van der Waals surface area (Å²) >= 11 is 3.50. The molecule has 5 heteroatoms. The van der Waals surface area contributed by atoms with E-state index in [0.717, 1.165) is 21.5 Å². The Labute approximate surface area is 170 Å². The first-order valence-corrected chi connectivity index (χ1v) is 9.55. The summed E-state index contributed by atoms with van der Waals surface area (Å²) in [6.07, 6.45) is 3.79. The van der Waals surface area contributed by atoms with Crippen molar-refractivity contribution in [2.75, 3.05) is 7.11 Å². The molecular formula is C23H17BrN2O2. The molecule has 28 heavy (non-hydrogen) atoms. The molecule has 4 aromatic rings. The normalized spacial score (nSPS) is 11.2. The number of nitrogens with zero attached hydrogens (tertiary/aromatic N) is 2. The smallest absolute Gasteiger partial charge is 0.266 e. The number of hydrogen-bond donors (Lipinski definition) is 0. The van der Waals surface area contributed by atoms with Crippen LogP contribution in [-0.2, 0) is 0 Å². The van der Waals surface area contributed by atoms with E-state index in [9.17, 15) is 4.79 Å². The van der Waals surface area contributed by atoms with Gasteiger partial charge in [-0.05, 0) is 64.0 Å². The molecule has 0 aliphatic carbocycles. The van der Waals surface area contributed by atoms with Crippen LogP contribution in [0, 0.1) is 0 Å². The van der Waals surface area contributed by atoms with E-state index in [2.05, 4.69) is 15.9 Å². The summed E-state index contributed by atoms with van der Waals surface area (Å²) in [7, 11) is 1.63. The zero-order valence-electron chi connectivity index (χ0n) is 15.2. The van der Waals surface area contributed by atoms with Crippen LogP contribution in [0.15, 0.2) is 82.1 Å². The number of methoxy groups -OCH3 is 1. The molecule has 138 valence electrons. The number of halogens is 1. The molecule has 0 bridgehead atoms. The summed E-state index contributed by atoms with van der Waals surface area (Å²) in [5, 5.41) is 0.593. The molecule has 0 amide bonds. The number of hydrogen-bond acceptors (Lipinski definition) is 3. The predicted octanol–water partition coefficient (Wildman–Crippen LogP) is 5.33. The molecule has 1 heterocycles. The fourth-order valence-corrected chi connectivity index (χ4v) is 3.60. The molecule has 0 N–H and O–H groups in total. The third kappa shape index (κ3) is 3.49. The second-order valence-electron chi connectivity index (χ2n) is 6.19. The Hall–Kier alpha value is -3.18. The summed E-state index contributed by atoms with van der Waals surface area (Å²) in [5.41, 5.74) is 2.33. The van der Waals surface area contributed by atoms with Gasteiger partial charge in [-0.2, -0.15) is 0 Å². The lowest BCUT2D eigenvalue weighted by Gasteiger charge is -2.11. The van der Waals surface area contributed by atoms with Crippen LogP contribution in [0.4, 0.5) is 0 Å². The number of rotatable bonds is 4. The van der Waals surface area contributed by atoms with Gasteiger partial charge >= 0.3 is 0 Å². The molecule has 0 spiro atoms. The van der Waals surface area contributed by atoms with Crippen molar-refractivity contribution in [3.8, 4) is 11.4 Å². The molecule has 4 nitrogen and oxygen atoms in total. The van der Waals surface area contributed by atoms with Crippen LogP contribution in [0.3, 0.4) is 0 Å². The highest BCUT2D eigenvalue weighted by atomic mass is 79.9. The zero-order valence-corrected chi connectivity index (χ0v) is 16.8. The average molecular weight is 433 g/mol. The van der Waals surface area contributed by atoms with Gasteiger partial charge in [-0.3, -0.25) is 9.36 Å². The first-order valence-electron chi connectivity index (χ1n) is 8.76. The monoisotopic (exact) mass is 432 g/mol. The number of para-hydroxylation sites is 2. The second kappa shape index (κ2) is 7.82. The van der Waals surface area contributed by atoms with Gasteiger partial charge in [0.05, 0.1) is 28.2 Å². The van der Waals surface area contributed by atoms with Crippen LogP contribution in [0.5, 0.6) is 5.75 Å². The molecule has 3 aromatic carbocycles. The van der Waals surface area contributed by atoms with E-state index in [1.54, 1.807) is 17.7 Å². The summed E-state index contributed by atoms with van der Waals surface area (Å²) in [4.78, 5) is 17.9. The lowest BCUT2D eigenvalue weighted by molar-refractivity contribution is 0.412. The van der Waals surface area contributed by atoms with Gasteiger partial charge in [-0.15, -0.1) is 0 Å². The fourth-order valence-electron chi connectivity index (χ4n) is 3.05. The predicted molar refractivity (Wildman–Crippen MR) is 117 cm³/mol.